The molecular formula is C17H13BrFNO. The second-order valence-electron chi connectivity index (χ2n) is 4.89. The molecule has 2 nitrogen and oxygen atoms in total. The van der Waals surface area contributed by atoms with Crippen molar-refractivity contribution < 1.29 is 9.18 Å². The van der Waals surface area contributed by atoms with Crippen LogP contribution in [0, 0.1) is 31.0 Å². The van der Waals surface area contributed by atoms with Crippen LogP contribution in [0.3, 0.4) is 0 Å². The summed E-state index contributed by atoms with van der Waals surface area (Å²) in [6.07, 6.45) is 0. The SMILES string of the molecule is Cc1ccc(C(C#N)C(=O)c2cc(F)ccc2Br)cc1C. The molecule has 2 rings (SSSR count). The van der Waals surface area contributed by atoms with E-state index < -0.39 is 17.5 Å². The molecule has 0 spiro atoms. The molecule has 2 aromatic rings. The van der Waals surface area contributed by atoms with Crippen molar-refractivity contribution in [2.24, 2.45) is 0 Å². The van der Waals surface area contributed by atoms with Crippen molar-refractivity contribution in [1.29, 1.82) is 5.26 Å². The van der Waals surface area contributed by atoms with Gasteiger partial charge < -0.3 is 0 Å². The Morgan fingerprint density at radius 3 is 2.52 bits per heavy atom. The van der Waals surface area contributed by atoms with Crippen LogP contribution in [0.1, 0.15) is 33.0 Å². The fraction of sp³-hybridized carbons (Fsp3) is 0.176. The molecule has 0 saturated carbocycles. The maximum absolute atomic E-state index is 13.3. The van der Waals surface area contributed by atoms with Gasteiger partial charge >= 0.3 is 0 Å². The molecule has 0 aliphatic heterocycles. The van der Waals surface area contributed by atoms with Gasteiger partial charge in [0.15, 0.2) is 5.78 Å². The third-order valence-corrected chi connectivity index (χ3v) is 4.14. The van der Waals surface area contributed by atoms with Gasteiger partial charge in [0.2, 0.25) is 0 Å². The Balaban J connectivity index is 2.46. The summed E-state index contributed by atoms with van der Waals surface area (Å²) < 4.78 is 13.8. The first-order valence-electron chi connectivity index (χ1n) is 6.40. The first kappa shape index (κ1) is 15.4. The third kappa shape index (κ3) is 3.20. The lowest BCUT2D eigenvalue weighted by Crippen LogP contribution is -2.12. The fourth-order valence-electron chi connectivity index (χ4n) is 2.07. The second kappa shape index (κ2) is 6.19. The van der Waals surface area contributed by atoms with Crippen LogP contribution in [-0.2, 0) is 0 Å². The lowest BCUT2D eigenvalue weighted by molar-refractivity contribution is 0.0977. The number of halogens is 2. The van der Waals surface area contributed by atoms with Crippen molar-refractivity contribution >= 4 is 21.7 Å². The number of rotatable bonds is 3. The quantitative estimate of drug-likeness (QED) is 0.756. The minimum Gasteiger partial charge on any atom is -0.292 e. The summed E-state index contributed by atoms with van der Waals surface area (Å²) in [5.41, 5.74) is 2.91. The van der Waals surface area contributed by atoms with Crippen LogP contribution in [-0.4, -0.2) is 5.78 Å². The van der Waals surface area contributed by atoms with E-state index in [2.05, 4.69) is 15.9 Å². The predicted molar refractivity (Wildman–Crippen MR) is 82.7 cm³/mol. The highest BCUT2D eigenvalue weighted by Gasteiger charge is 2.24. The van der Waals surface area contributed by atoms with Crippen LogP contribution >= 0.6 is 15.9 Å². The van der Waals surface area contributed by atoms with Crippen LogP contribution in [0.25, 0.3) is 0 Å². The highest BCUT2D eigenvalue weighted by molar-refractivity contribution is 9.10. The van der Waals surface area contributed by atoms with Crippen molar-refractivity contribution in [1.82, 2.24) is 0 Å². The zero-order chi connectivity index (χ0) is 15.6. The summed E-state index contributed by atoms with van der Waals surface area (Å²) in [6.45, 7) is 3.89. The Bertz CT molecular complexity index is 749. The van der Waals surface area contributed by atoms with Crippen LogP contribution in [0.5, 0.6) is 0 Å². The molecule has 1 atom stereocenters. The number of nitrogens with zero attached hydrogens (tertiary/aromatic N) is 1. The Kier molecular flexibility index (Phi) is 4.54. The first-order chi connectivity index (χ1) is 9.93. The average Bonchev–Trinajstić information content (AvgIpc) is 2.46. The normalized spacial score (nSPS) is 11.8. The minimum absolute atomic E-state index is 0.180. The number of carbonyl (C=O) groups is 1. The molecule has 0 heterocycles. The van der Waals surface area contributed by atoms with Gasteiger partial charge in [-0.3, -0.25) is 4.79 Å². The smallest absolute Gasteiger partial charge is 0.185 e. The largest absolute Gasteiger partial charge is 0.292 e. The van der Waals surface area contributed by atoms with Gasteiger partial charge in [-0.05, 0) is 48.7 Å². The lowest BCUT2D eigenvalue weighted by Gasteiger charge is -2.12. The van der Waals surface area contributed by atoms with E-state index in [9.17, 15) is 14.4 Å². The summed E-state index contributed by atoms with van der Waals surface area (Å²) >= 11 is 3.23. The first-order valence-corrected chi connectivity index (χ1v) is 7.19. The molecule has 0 radical (unpaired) electrons. The average molecular weight is 346 g/mol. The van der Waals surface area contributed by atoms with Gasteiger partial charge in [-0.15, -0.1) is 0 Å². The van der Waals surface area contributed by atoms with Crippen molar-refractivity contribution in [2.75, 3.05) is 0 Å². The second-order valence-corrected chi connectivity index (χ2v) is 5.75. The summed E-state index contributed by atoms with van der Waals surface area (Å²) in [7, 11) is 0. The zero-order valence-corrected chi connectivity index (χ0v) is 13.2. The van der Waals surface area contributed by atoms with Gasteiger partial charge in [-0.2, -0.15) is 5.26 Å². The van der Waals surface area contributed by atoms with Gasteiger partial charge in [0.25, 0.3) is 0 Å². The van der Waals surface area contributed by atoms with E-state index in [1.807, 2.05) is 32.0 Å². The number of benzene rings is 2. The van der Waals surface area contributed by atoms with Gasteiger partial charge in [0, 0.05) is 10.0 Å². The predicted octanol–water partition coefficient (Wildman–Crippen LogP) is 4.70. The maximum atomic E-state index is 13.3. The monoisotopic (exact) mass is 345 g/mol. The summed E-state index contributed by atoms with van der Waals surface area (Å²) in [5, 5.41) is 9.35. The third-order valence-electron chi connectivity index (χ3n) is 3.45. The van der Waals surface area contributed by atoms with Gasteiger partial charge in [-0.25, -0.2) is 4.39 Å². The molecule has 21 heavy (non-hydrogen) atoms. The number of ketones is 1. The topological polar surface area (TPSA) is 40.9 Å². The summed E-state index contributed by atoms with van der Waals surface area (Å²) in [5.74, 6) is -1.85. The van der Waals surface area contributed by atoms with Gasteiger partial charge in [0.05, 0.1) is 6.07 Å². The van der Waals surface area contributed by atoms with E-state index in [-0.39, 0.29) is 5.56 Å². The fourth-order valence-corrected chi connectivity index (χ4v) is 2.51. The molecule has 0 N–H and O–H groups in total. The van der Waals surface area contributed by atoms with Crippen LogP contribution in [0.4, 0.5) is 4.39 Å². The van der Waals surface area contributed by atoms with Gasteiger partial charge in [0.1, 0.15) is 11.7 Å². The molecule has 0 aliphatic carbocycles. The highest BCUT2D eigenvalue weighted by Crippen LogP contribution is 2.27. The molecular weight excluding hydrogens is 333 g/mol. The minimum atomic E-state index is -0.942. The van der Waals surface area contributed by atoms with E-state index in [0.29, 0.717) is 10.0 Å². The molecule has 0 saturated heterocycles. The van der Waals surface area contributed by atoms with Crippen molar-refractivity contribution in [3.05, 3.63) is 68.9 Å². The number of nitriles is 1. The van der Waals surface area contributed by atoms with E-state index >= 15 is 0 Å². The Labute approximate surface area is 131 Å². The van der Waals surface area contributed by atoms with E-state index in [0.717, 1.165) is 17.2 Å². The van der Waals surface area contributed by atoms with Crippen molar-refractivity contribution in [3.63, 3.8) is 0 Å². The molecule has 4 heteroatoms. The molecule has 0 fully saturated rings. The molecule has 0 aliphatic rings. The molecule has 0 aromatic heterocycles. The molecule has 0 amide bonds. The molecule has 2 aromatic carbocycles. The van der Waals surface area contributed by atoms with Crippen molar-refractivity contribution in [3.8, 4) is 6.07 Å². The summed E-state index contributed by atoms with van der Waals surface area (Å²) in [6, 6.07) is 11.4. The Morgan fingerprint density at radius 2 is 1.90 bits per heavy atom. The standard InChI is InChI=1S/C17H13BrFNO/c1-10-3-4-12(7-11(10)2)15(9-20)17(21)14-8-13(19)5-6-16(14)18/h3-8,15H,1-2H3. The van der Waals surface area contributed by atoms with Crippen LogP contribution < -0.4 is 0 Å². The van der Waals surface area contributed by atoms with Gasteiger partial charge in [-0.1, -0.05) is 34.1 Å². The number of hydrogen-bond donors (Lipinski definition) is 0. The number of carbonyl (C=O) groups excluding carboxylic acids is 1. The lowest BCUT2D eigenvalue weighted by atomic mass is 9.90. The highest BCUT2D eigenvalue weighted by atomic mass is 79.9. The van der Waals surface area contributed by atoms with E-state index in [1.54, 1.807) is 6.07 Å². The van der Waals surface area contributed by atoms with E-state index in [4.69, 9.17) is 0 Å². The Hall–Kier alpha value is -1.99. The summed E-state index contributed by atoms with van der Waals surface area (Å²) in [4.78, 5) is 12.5. The molecule has 0 bridgehead atoms. The number of Topliss-reactive ketones (excluding diaryl/α,β-unsaturated/α-hetero) is 1. The molecule has 1 unspecified atom stereocenters. The van der Waals surface area contributed by atoms with Crippen molar-refractivity contribution in [2.45, 2.75) is 19.8 Å². The van der Waals surface area contributed by atoms with Crippen LogP contribution in [0.15, 0.2) is 40.9 Å². The number of aryl methyl sites for hydroxylation is 2. The van der Waals surface area contributed by atoms with Crippen LogP contribution in [0.2, 0.25) is 0 Å². The molecule has 106 valence electrons. The Morgan fingerprint density at radius 1 is 1.19 bits per heavy atom. The maximum Gasteiger partial charge on any atom is 0.185 e. The van der Waals surface area contributed by atoms with E-state index in [1.165, 1.54) is 12.1 Å². The number of hydrogen-bond acceptors (Lipinski definition) is 2. The zero-order valence-electron chi connectivity index (χ0n) is 11.7.